The van der Waals surface area contributed by atoms with E-state index < -0.39 is 5.60 Å². The van der Waals surface area contributed by atoms with Crippen LogP contribution in [0.4, 0.5) is 4.39 Å². The van der Waals surface area contributed by atoms with Crippen molar-refractivity contribution in [1.29, 1.82) is 0 Å². The lowest BCUT2D eigenvalue weighted by Crippen LogP contribution is -2.39. The van der Waals surface area contributed by atoms with E-state index in [-0.39, 0.29) is 5.82 Å². The molecule has 3 heteroatoms. The van der Waals surface area contributed by atoms with Gasteiger partial charge in [-0.3, -0.25) is 0 Å². The molecule has 0 aromatic heterocycles. The summed E-state index contributed by atoms with van der Waals surface area (Å²) in [5.41, 5.74) is 0.167. The fourth-order valence-corrected chi connectivity index (χ4v) is 2.14. The first kappa shape index (κ1) is 11.6. The Hall–Kier alpha value is -0.930. The number of halogens is 1. The summed E-state index contributed by atoms with van der Waals surface area (Å²) in [5, 5.41) is 10.5. The average Bonchev–Trinajstić information content (AvgIpc) is 3.05. The molecule has 1 aliphatic carbocycles. The first-order chi connectivity index (χ1) is 7.64. The maximum atomic E-state index is 12.8. The number of hydrogen-bond donors (Lipinski definition) is 1. The zero-order chi connectivity index (χ0) is 11.6. The molecule has 16 heavy (non-hydrogen) atoms. The summed E-state index contributed by atoms with van der Waals surface area (Å²) < 4.78 is 17.8. The molecular formula is C13H17FO2. The quantitative estimate of drug-likeness (QED) is 0.830. The summed E-state index contributed by atoms with van der Waals surface area (Å²) in [6, 6.07) is 6.29. The lowest BCUT2D eigenvalue weighted by molar-refractivity contribution is -0.0474. The van der Waals surface area contributed by atoms with Crippen molar-refractivity contribution in [1.82, 2.24) is 0 Å². The van der Waals surface area contributed by atoms with Crippen molar-refractivity contribution in [3.05, 3.63) is 35.6 Å². The van der Waals surface area contributed by atoms with Gasteiger partial charge in [0, 0.05) is 13.5 Å². The SMILES string of the molecule is COCC(O)(Cc1ccc(F)cc1)C1CC1. The standard InChI is InChI=1S/C13H17FO2/c1-16-9-13(15,11-4-5-11)8-10-2-6-12(14)7-3-10/h2-3,6-7,11,15H,4-5,8-9H2,1H3. The lowest BCUT2D eigenvalue weighted by Gasteiger charge is -2.27. The minimum atomic E-state index is -0.785. The highest BCUT2D eigenvalue weighted by atomic mass is 19.1. The first-order valence-electron chi connectivity index (χ1n) is 5.60. The minimum Gasteiger partial charge on any atom is -0.387 e. The zero-order valence-corrected chi connectivity index (χ0v) is 9.45. The van der Waals surface area contributed by atoms with Crippen molar-refractivity contribution in [2.45, 2.75) is 24.9 Å². The van der Waals surface area contributed by atoms with Crippen LogP contribution in [0, 0.1) is 11.7 Å². The molecule has 0 aliphatic heterocycles. The third kappa shape index (κ3) is 2.60. The van der Waals surface area contributed by atoms with Crippen LogP contribution >= 0.6 is 0 Å². The average molecular weight is 224 g/mol. The van der Waals surface area contributed by atoms with Gasteiger partial charge in [-0.15, -0.1) is 0 Å². The Labute approximate surface area is 95.1 Å². The smallest absolute Gasteiger partial charge is 0.123 e. The van der Waals surface area contributed by atoms with Gasteiger partial charge in [0.2, 0.25) is 0 Å². The van der Waals surface area contributed by atoms with Crippen LogP contribution in [0.5, 0.6) is 0 Å². The molecule has 1 N–H and O–H groups in total. The Morgan fingerprint density at radius 3 is 2.50 bits per heavy atom. The molecule has 1 aromatic rings. The highest BCUT2D eigenvalue weighted by molar-refractivity contribution is 5.19. The molecule has 0 amide bonds. The Morgan fingerprint density at radius 1 is 1.38 bits per heavy atom. The monoisotopic (exact) mass is 224 g/mol. The van der Waals surface area contributed by atoms with Gasteiger partial charge in [-0.1, -0.05) is 12.1 Å². The van der Waals surface area contributed by atoms with Gasteiger partial charge in [0.05, 0.1) is 12.2 Å². The Balaban J connectivity index is 2.07. The van der Waals surface area contributed by atoms with Gasteiger partial charge in [-0.25, -0.2) is 4.39 Å². The van der Waals surface area contributed by atoms with Crippen molar-refractivity contribution in [3.8, 4) is 0 Å². The molecule has 0 spiro atoms. The van der Waals surface area contributed by atoms with Crippen molar-refractivity contribution in [2.75, 3.05) is 13.7 Å². The second kappa shape index (κ2) is 4.52. The third-order valence-electron chi connectivity index (χ3n) is 3.16. The molecule has 0 saturated heterocycles. The van der Waals surface area contributed by atoms with Crippen LogP contribution in [0.3, 0.4) is 0 Å². The van der Waals surface area contributed by atoms with Crippen molar-refractivity contribution in [3.63, 3.8) is 0 Å². The summed E-state index contributed by atoms with van der Waals surface area (Å²) >= 11 is 0. The van der Waals surface area contributed by atoms with E-state index in [1.54, 1.807) is 19.2 Å². The van der Waals surface area contributed by atoms with Crippen LogP contribution in [0.2, 0.25) is 0 Å². The van der Waals surface area contributed by atoms with Gasteiger partial charge in [0.1, 0.15) is 5.82 Å². The highest BCUT2D eigenvalue weighted by Crippen LogP contribution is 2.41. The van der Waals surface area contributed by atoms with E-state index in [1.807, 2.05) is 0 Å². The second-order valence-corrected chi connectivity index (χ2v) is 4.61. The van der Waals surface area contributed by atoms with Gasteiger partial charge in [-0.2, -0.15) is 0 Å². The Bertz CT molecular complexity index is 345. The summed E-state index contributed by atoms with van der Waals surface area (Å²) in [6.07, 6.45) is 2.65. The van der Waals surface area contributed by atoms with Crippen LogP contribution in [-0.4, -0.2) is 24.4 Å². The normalized spacial score (nSPS) is 19.4. The number of aliphatic hydroxyl groups is 1. The van der Waals surface area contributed by atoms with Gasteiger partial charge < -0.3 is 9.84 Å². The van der Waals surface area contributed by atoms with Crippen molar-refractivity contribution >= 4 is 0 Å². The predicted molar refractivity (Wildman–Crippen MR) is 59.7 cm³/mol. The molecule has 0 heterocycles. The number of rotatable bonds is 5. The van der Waals surface area contributed by atoms with E-state index in [4.69, 9.17) is 4.74 Å². The summed E-state index contributed by atoms with van der Waals surface area (Å²) in [5.74, 6) is 0.0861. The van der Waals surface area contributed by atoms with Gasteiger partial charge in [-0.05, 0) is 36.5 Å². The van der Waals surface area contributed by atoms with Crippen LogP contribution in [0.25, 0.3) is 0 Å². The molecule has 1 saturated carbocycles. The molecule has 1 fully saturated rings. The number of methoxy groups -OCH3 is 1. The third-order valence-corrected chi connectivity index (χ3v) is 3.16. The number of ether oxygens (including phenoxy) is 1. The first-order valence-corrected chi connectivity index (χ1v) is 5.60. The van der Waals surface area contributed by atoms with Gasteiger partial charge in [0.15, 0.2) is 0 Å². The number of benzene rings is 1. The molecule has 2 rings (SSSR count). The molecule has 1 aliphatic rings. The topological polar surface area (TPSA) is 29.5 Å². The molecule has 1 unspecified atom stereocenters. The Kier molecular flexibility index (Phi) is 3.26. The maximum absolute atomic E-state index is 12.8. The minimum absolute atomic E-state index is 0.245. The Morgan fingerprint density at radius 2 is 2.00 bits per heavy atom. The summed E-state index contributed by atoms with van der Waals surface area (Å²) in [6.45, 7) is 0.342. The van der Waals surface area contributed by atoms with E-state index in [2.05, 4.69) is 0 Å². The fraction of sp³-hybridized carbons (Fsp3) is 0.538. The van der Waals surface area contributed by atoms with Crippen LogP contribution in [-0.2, 0) is 11.2 Å². The second-order valence-electron chi connectivity index (χ2n) is 4.61. The van der Waals surface area contributed by atoms with Gasteiger partial charge in [0.25, 0.3) is 0 Å². The van der Waals surface area contributed by atoms with E-state index in [0.717, 1.165) is 18.4 Å². The van der Waals surface area contributed by atoms with E-state index in [1.165, 1.54) is 12.1 Å². The van der Waals surface area contributed by atoms with E-state index in [0.29, 0.717) is 18.9 Å². The summed E-state index contributed by atoms with van der Waals surface area (Å²) in [7, 11) is 1.60. The molecule has 0 radical (unpaired) electrons. The predicted octanol–water partition coefficient (Wildman–Crippen LogP) is 2.16. The molecule has 1 atom stereocenters. The summed E-state index contributed by atoms with van der Waals surface area (Å²) in [4.78, 5) is 0. The molecule has 1 aromatic carbocycles. The zero-order valence-electron chi connectivity index (χ0n) is 9.45. The number of hydrogen-bond acceptors (Lipinski definition) is 2. The van der Waals surface area contributed by atoms with Crippen molar-refractivity contribution < 1.29 is 14.2 Å². The molecule has 2 nitrogen and oxygen atoms in total. The largest absolute Gasteiger partial charge is 0.387 e. The van der Waals surface area contributed by atoms with Crippen LogP contribution in [0.1, 0.15) is 18.4 Å². The van der Waals surface area contributed by atoms with Crippen molar-refractivity contribution in [2.24, 2.45) is 5.92 Å². The van der Waals surface area contributed by atoms with Crippen LogP contribution in [0.15, 0.2) is 24.3 Å². The van der Waals surface area contributed by atoms with E-state index in [9.17, 15) is 9.50 Å². The van der Waals surface area contributed by atoms with E-state index >= 15 is 0 Å². The fourth-order valence-electron chi connectivity index (χ4n) is 2.14. The van der Waals surface area contributed by atoms with Gasteiger partial charge >= 0.3 is 0 Å². The maximum Gasteiger partial charge on any atom is 0.123 e. The molecular weight excluding hydrogens is 207 g/mol. The highest BCUT2D eigenvalue weighted by Gasteiger charge is 2.43. The molecule has 88 valence electrons. The molecule has 0 bridgehead atoms. The lowest BCUT2D eigenvalue weighted by atomic mass is 9.90. The van der Waals surface area contributed by atoms with Crippen LogP contribution < -0.4 is 0 Å².